The van der Waals surface area contributed by atoms with Crippen LogP contribution in [0.4, 0.5) is 0 Å². The van der Waals surface area contributed by atoms with Crippen LogP contribution in [-0.4, -0.2) is 58.2 Å². The van der Waals surface area contributed by atoms with Crippen molar-refractivity contribution in [3.63, 3.8) is 0 Å². The van der Waals surface area contributed by atoms with Crippen molar-refractivity contribution in [2.45, 2.75) is 53.0 Å². The number of aromatic nitrogens is 2. The van der Waals surface area contributed by atoms with E-state index in [9.17, 15) is 4.79 Å². The zero-order chi connectivity index (χ0) is 20.3. The van der Waals surface area contributed by atoms with Crippen LogP contribution in [0.5, 0.6) is 0 Å². The summed E-state index contributed by atoms with van der Waals surface area (Å²) in [5.74, 6) is 0.154. The van der Waals surface area contributed by atoms with Gasteiger partial charge in [0.05, 0.1) is 12.2 Å². The molecule has 1 saturated heterocycles. The van der Waals surface area contributed by atoms with Crippen molar-refractivity contribution in [3.05, 3.63) is 52.8 Å². The van der Waals surface area contributed by atoms with E-state index in [1.165, 1.54) is 11.3 Å². The maximum atomic E-state index is 12.9. The quantitative estimate of drug-likeness (QED) is 0.811. The van der Waals surface area contributed by atoms with Crippen LogP contribution in [0.25, 0.3) is 0 Å². The molecule has 0 bridgehead atoms. The van der Waals surface area contributed by atoms with Gasteiger partial charge in [-0.2, -0.15) is 5.10 Å². The van der Waals surface area contributed by atoms with Gasteiger partial charge in [0.2, 0.25) is 0 Å². The summed E-state index contributed by atoms with van der Waals surface area (Å²) in [6.07, 6.45) is 1.02. The molecule has 0 saturated carbocycles. The van der Waals surface area contributed by atoms with Crippen LogP contribution < -0.4 is 0 Å². The van der Waals surface area contributed by atoms with Crippen molar-refractivity contribution >= 4 is 5.91 Å². The van der Waals surface area contributed by atoms with E-state index >= 15 is 0 Å². The summed E-state index contributed by atoms with van der Waals surface area (Å²) in [7, 11) is 0. The molecule has 1 aromatic carbocycles. The zero-order valence-electron chi connectivity index (χ0n) is 18.0. The fourth-order valence-corrected chi connectivity index (χ4v) is 3.83. The van der Waals surface area contributed by atoms with E-state index in [0.29, 0.717) is 0 Å². The second-order valence-electron chi connectivity index (χ2n) is 8.96. The maximum absolute atomic E-state index is 12.9. The molecule has 2 heterocycles. The second-order valence-corrected chi connectivity index (χ2v) is 8.96. The summed E-state index contributed by atoms with van der Waals surface area (Å²) < 4.78 is 2.08. The smallest absolute Gasteiger partial charge is 0.253 e. The molecule has 5 heteroatoms. The van der Waals surface area contributed by atoms with Crippen molar-refractivity contribution < 1.29 is 4.79 Å². The van der Waals surface area contributed by atoms with Gasteiger partial charge in [0.1, 0.15) is 0 Å². The third-order valence-corrected chi connectivity index (χ3v) is 5.60. The Morgan fingerprint density at radius 1 is 1.00 bits per heavy atom. The topological polar surface area (TPSA) is 41.4 Å². The van der Waals surface area contributed by atoms with Crippen LogP contribution in [0.1, 0.15) is 54.5 Å². The van der Waals surface area contributed by atoms with Crippen molar-refractivity contribution in [1.82, 2.24) is 19.6 Å². The largest absolute Gasteiger partial charge is 0.337 e. The fraction of sp³-hybridized carbons (Fsp3) is 0.565. The number of hydrogen-bond donors (Lipinski definition) is 0. The van der Waals surface area contributed by atoms with Gasteiger partial charge in [0, 0.05) is 37.4 Å². The van der Waals surface area contributed by atoms with Crippen LogP contribution in [0.2, 0.25) is 0 Å². The lowest BCUT2D eigenvalue weighted by atomic mass is 9.86. The molecule has 0 atom stereocenters. The Morgan fingerprint density at radius 3 is 2.32 bits per heavy atom. The lowest BCUT2D eigenvalue weighted by Gasteiger charge is -2.23. The minimum atomic E-state index is 0.107. The minimum Gasteiger partial charge on any atom is -0.337 e. The van der Waals surface area contributed by atoms with Crippen molar-refractivity contribution in [3.8, 4) is 0 Å². The first-order chi connectivity index (χ1) is 13.2. The lowest BCUT2D eigenvalue weighted by molar-refractivity contribution is 0.0761. The summed E-state index contributed by atoms with van der Waals surface area (Å²) in [5, 5.41) is 4.55. The number of carbonyl (C=O) groups excluding carboxylic acids is 1. The van der Waals surface area contributed by atoms with Crippen LogP contribution >= 0.6 is 0 Å². The summed E-state index contributed by atoms with van der Waals surface area (Å²) in [4.78, 5) is 17.4. The highest BCUT2D eigenvalue weighted by atomic mass is 16.2. The van der Waals surface area contributed by atoms with Crippen LogP contribution in [0.3, 0.4) is 0 Å². The van der Waals surface area contributed by atoms with E-state index in [-0.39, 0.29) is 11.3 Å². The molecule has 1 fully saturated rings. The Bertz CT molecular complexity index is 801. The molecule has 0 N–H and O–H groups in total. The first-order valence-corrected chi connectivity index (χ1v) is 10.4. The normalized spacial score (nSPS) is 16.2. The predicted molar refractivity (Wildman–Crippen MR) is 114 cm³/mol. The molecular formula is C23H34N4O. The van der Waals surface area contributed by atoms with Crippen molar-refractivity contribution in [2.75, 3.05) is 32.7 Å². The van der Waals surface area contributed by atoms with Gasteiger partial charge >= 0.3 is 0 Å². The minimum absolute atomic E-state index is 0.107. The van der Waals surface area contributed by atoms with Gasteiger partial charge in [-0.3, -0.25) is 14.4 Å². The average molecular weight is 383 g/mol. The van der Waals surface area contributed by atoms with Gasteiger partial charge in [-0.15, -0.1) is 0 Å². The Morgan fingerprint density at radius 2 is 1.71 bits per heavy atom. The number of hydrogen-bond acceptors (Lipinski definition) is 3. The molecule has 2 aromatic rings. The second kappa shape index (κ2) is 8.48. The molecule has 0 radical (unpaired) electrons. The van der Waals surface area contributed by atoms with E-state index in [0.717, 1.165) is 56.9 Å². The van der Waals surface area contributed by atoms with Crippen molar-refractivity contribution in [2.24, 2.45) is 0 Å². The van der Waals surface area contributed by atoms with E-state index in [1.54, 1.807) is 0 Å². The summed E-state index contributed by atoms with van der Waals surface area (Å²) in [6.45, 7) is 16.2. The van der Waals surface area contributed by atoms with Crippen LogP contribution in [-0.2, 0) is 12.0 Å². The first-order valence-electron chi connectivity index (χ1n) is 10.4. The van der Waals surface area contributed by atoms with Gasteiger partial charge < -0.3 is 4.90 Å². The van der Waals surface area contributed by atoms with Gasteiger partial charge in [0.15, 0.2) is 0 Å². The third kappa shape index (κ3) is 5.02. The number of amides is 1. The SMILES string of the molecule is Cc1cc(C)n(CCN2CCCN(C(=O)c3ccc(C(C)(C)C)cc3)CC2)n1. The van der Waals surface area contributed by atoms with E-state index < -0.39 is 0 Å². The van der Waals surface area contributed by atoms with Gasteiger partial charge in [-0.1, -0.05) is 32.9 Å². The zero-order valence-corrected chi connectivity index (χ0v) is 18.0. The number of nitrogens with zero attached hydrogens (tertiary/aromatic N) is 4. The van der Waals surface area contributed by atoms with Crippen LogP contribution in [0, 0.1) is 13.8 Å². The number of benzene rings is 1. The summed E-state index contributed by atoms with van der Waals surface area (Å²) >= 11 is 0. The Kier molecular flexibility index (Phi) is 6.23. The van der Waals surface area contributed by atoms with E-state index in [1.807, 2.05) is 24.0 Å². The summed E-state index contributed by atoms with van der Waals surface area (Å²) in [6, 6.07) is 10.3. The van der Waals surface area contributed by atoms with Crippen molar-refractivity contribution in [1.29, 1.82) is 0 Å². The Balaban J connectivity index is 1.55. The molecule has 5 nitrogen and oxygen atoms in total. The molecule has 0 aliphatic carbocycles. The monoisotopic (exact) mass is 382 g/mol. The highest BCUT2D eigenvalue weighted by molar-refractivity contribution is 5.94. The molecule has 1 amide bonds. The molecule has 1 aromatic heterocycles. The standard InChI is InChI=1S/C23H34N4O/c1-18-17-19(2)27(24-18)16-14-25-11-6-12-26(15-13-25)22(28)20-7-9-21(10-8-20)23(3,4)5/h7-10,17H,6,11-16H2,1-5H3. The predicted octanol–water partition coefficient (Wildman–Crippen LogP) is 3.65. The highest BCUT2D eigenvalue weighted by Gasteiger charge is 2.21. The highest BCUT2D eigenvalue weighted by Crippen LogP contribution is 2.22. The van der Waals surface area contributed by atoms with Gasteiger partial charge in [-0.25, -0.2) is 0 Å². The average Bonchev–Trinajstić information content (AvgIpc) is 2.84. The van der Waals surface area contributed by atoms with Gasteiger partial charge in [0.25, 0.3) is 5.91 Å². The number of aryl methyl sites for hydroxylation is 2. The first kappa shape index (κ1) is 20.6. The van der Waals surface area contributed by atoms with Crippen LogP contribution in [0.15, 0.2) is 30.3 Å². The maximum Gasteiger partial charge on any atom is 0.253 e. The summed E-state index contributed by atoms with van der Waals surface area (Å²) in [5.41, 5.74) is 4.45. The number of rotatable bonds is 4. The lowest BCUT2D eigenvalue weighted by Crippen LogP contribution is -2.36. The third-order valence-electron chi connectivity index (χ3n) is 5.60. The molecule has 3 rings (SSSR count). The molecule has 0 spiro atoms. The Labute approximate surface area is 169 Å². The molecule has 0 unspecified atom stereocenters. The van der Waals surface area contributed by atoms with Gasteiger partial charge in [-0.05, 0) is 56.0 Å². The molecule has 28 heavy (non-hydrogen) atoms. The molecular weight excluding hydrogens is 348 g/mol. The Hall–Kier alpha value is -2.14. The number of carbonyl (C=O) groups is 1. The van der Waals surface area contributed by atoms with E-state index in [2.05, 4.69) is 60.6 Å². The molecule has 152 valence electrons. The molecule has 1 aliphatic rings. The van der Waals surface area contributed by atoms with E-state index in [4.69, 9.17) is 0 Å². The molecule has 1 aliphatic heterocycles. The fourth-order valence-electron chi connectivity index (χ4n) is 3.83.